The van der Waals surface area contributed by atoms with Crippen LogP contribution in [0.3, 0.4) is 0 Å². The molecular weight excluding hydrogens is 386 g/mol. The van der Waals surface area contributed by atoms with Crippen molar-refractivity contribution < 1.29 is 14.3 Å². The minimum absolute atomic E-state index is 0. The molecule has 2 unspecified atom stereocenters. The molecule has 0 aromatic heterocycles. The summed E-state index contributed by atoms with van der Waals surface area (Å²) in [6, 6.07) is 15.6. The number of likely N-dealkylation sites (tertiary alicyclic amines) is 1. The molecule has 1 heterocycles. The number of hydrogen-bond donors (Lipinski definition) is 0. The molecule has 2 aliphatic rings. The minimum Gasteiger partial charge on any atom is -0.461 e. The van der Waals surface area contributed by atoms with E-state index < -0.39 is 0 Å². The molecule has 3 atom stereocenters. The van der Waals surface area contributed by atoms with Gasteiger partial charge in [-0.15, -0.1) is 12.4 Å². The van der Waals surface area contributed by atoms with Crippen molar-refractivity contribution in [3.05, 3.63) is 48.0 Å². The molecule has 0 spiro atoms. The lowest BCUT2D eigenvalue weighted by Gasteiger charge is -2.37. The van der Waals surface area contributed by atoms with Gasteiger partial charge in [-0.25, -0.2) is 0 Å². The Labute approximate surface area is 180 Å². The summed E-state index contributed by atoms with van der Waals surface area (Å²) in [5.74, 6) is -0.168. The van der Waals surface area contributed by atoms with E-state index in [1.165, 1.54) is 42.5 Å². The normalized spacial score (nSPS) is 24.9. The number of ether oxygens (including phenoxy) is 2. The molecule has 29 heavy (non-hydrogen) atoms. The van der Waals surface area contributed by atoms with Crippen molar-refractivity contribution >= 4 is 29.1 Å². The molecule has 4 rings (SSSR count). The first-order valence-electron chi connectivity index (χ1n) is 10.7. The maximum absolute atomic E-state index is 11.3. The van der Waals surface area contributed by atoms with Crippen LogP contribution in [0.15, 0.2) is 42.5 Å². The van der Waals surface area contributed by atoms with Gasteiger partial charge in [0.15, 0.2) is 0 Å². The highest BCUT2D eigenvalue weighted by molar-refractivity contribution is 5.86. The molecule has 0 radical (unpaired) electrons. The van der Waals surface area contributed by atoms with Gasteiger partial charge in [0, 0.05) is 26.1 Å². The fourth-order valence-corrected chi connectivity index (χ4v) is 4.91. The van der Waals surface area contributed by atoms with E-state index in [4.69, 9.17) is 9.47 Å². The average molecular weight is 418 g/mol. The number of hydrogen-bond acceptors (Lipinski definition) is 4. The molecule has 0 N–H and O–H groups in total. The third-order valence-corrected chi connectivity index (χ3v) is 6.23. The largest absolute Gasteiger partial charge is 0.461 e. The molecule has 2 fully saturated rings. The van der Waals surface area contributed by atoms with Gasteiger partial charge in [0.25, 0.3) is 0 Å². The Morgan fingerprint density at radius 1 is 1.07 bits per heavy atom. The molecular formula is C24H32ClNO3. The molecule has 1 saturated carbocycles. The number of benzene rings is 2. The van der Waals surface area contributed by atoms with Crippen molar-refractivity contribution in [2.45, 2.75) is 63.7 Å². The molecule has 2 aromatic rings. The van der Waals surface area contributed by atoms with Crippen LogP contribution < -0.4 is 0 Å². The molecule has 1 saturated heterocycles. The Bertz CT molecular complexity index is 806. The maximum atomic E-state index is 11.3. The summed E-state index contributed by atoms with van der Waals surface area (Å²) in [5, 5.41) is 2.63. The average Bonchev–Trinajstić information content (AvgIpc) is 3.16. The number of halogens is 1. The molecule has 1 aliphatic carbocycles. The van der Waals surface area contributed by atoms with Crippen molar-refractivity contribution in [2.24, 2.45) is 0 Å². The van der Waals surface area contributed by atoms with Crippen LogP contribution in [0.4, 0.5) is 0 Å². The van der Waals surface area contributed by atoms with Gasteiger partial charge in [-0.05, 0) is 42.0 Å². The van der Waals surface area contributed by atoms with Crippen molar-refractivity contribution in [3.8, 4) is 0 Å². The maximum Gasteiger partial charge on any atom is 0.302 e. The van der Waals surface area contributed by atoms with E-state index in [0.29, 0.717) is 12.1 Å². The predicted octanol–water partition coefficient (Wildman–Crippen LogP) is 4.77. The van der Waals surface area contributed by atoms with Crippen LogP contribution in [-0.4, -0.2) is 48.8 Å². The Morgan fingerprint density at radius 2 is 1.86 bits per heavy atom. The van der Waals surface area contributed by atoms with E-state index in [0.717, 1.165) is 39.0 Å². The first-order valence-corrected chi connectivity index (χ1v) is 10.7. The van der Waals surface area contributed by atoms with Gasteiger partial charge >= 0.3 is 5.97 Å². The number of carbonyl (C=O) groups excluding carboxylic acids is 1. The first kappa shape index (κ1) is 22.1. The highest BCUT2D eigenvalue weighted by Gasteiger charge is 2.36. The second-order valence-corrected chi connectivity index (χ2v) is 8.16. The van der Waals surface area contributed by atoms with Crippen LogP contribution in [0.2, 0.25) is 0 Å². The van der Waals surface area contributed by atoms with Gasteiger partial charge in [-0.1, -0.05) is 55.3 Å². The predicted molar refractivity (Wildman–Crippen MR) is 119 cm³/mol. The van der Waals surface area contributed by atoms with Crippen molar-refractivity contribution in [1.82, 2.24) is 4.90 Å². The zero-order valence-electron chi connectivity index (χ0n) is 17.2. The summed E-state index contributed by atoms with van der Waals surface area (Å²) in [6.07, 6.45) is 7.06. The molecule has 4 nitrogen and oxygen atoms in total. The summed E-state index contributed by atoms with van der Waals surface area (Å²) in [5.41, 5.74) is 1.36. The number of nitrogens with zero attached hydrogens (tertiary/aromatic N) is 1. The van der Waals surface area contributed by atoms with E-state index >= 15 is 0 Å². The smallest absolute Gasteiger partial charge is 0.302 e. The van der Waals surface area contributed by atoms with Gasteiger partial charge in [-0.2, -0.15) is 0 Å². The SMILES string of the molecule is CC(=O)OC1CCN([C@@H]2CCCCC2OCCc2cccc3ccccc23)C1.Cl. The summed E-state index contributed by atoms with van der Waals surface area (Å²) in [7, 11) is 0. The van der Waals surface area contributed by atoms with Crippen LogP contribution >= 0.6 is 12.4 Å². The van der Waals surface area contributed by atoms with Gasteiger partial charge in [-0.3, -0.25) is 9.69 Å². The third-order valence-electron chi connectivity index (χ3n) is 6.23. The van der Waals surface area contributed by atoms with Crippen molar-refractivity contribution in [1.29, 1.82) is 0 Å². The quantitative estimate of drug-likeness (QED) is 0.634. The highest BCUT2D eigenvalue weighted by atomic mass is 35.5. The van der Waals surface area contributed by atoms with Gasteiger partial charge < -0.3 is 9.47 Å². The third kappa shape index (κ3) is 5.50. The summed E-state index contributed by atoms with van der Waals surface area (Å²) < 4.78 is 11.9. The lowest BCUT2D eigenvalue weighted by atomic mass is 9.91. The summed E-state index contributed by atoms with van der Waals surface area (Å²) in [6.45, 7) is 4.12. The number of rotatable bonds is 6. The number of carbonyl (C=O) groups is 1. The lowest BCUT2D eigenvalue weighted by Crippen LogP contribution is -2.46. The van der Waals surface area contributed by atoms with Crippen molar-refractivity contribution in [2.75, 3.05) is 19.7 Å². The number of esters is 1. The van der Waals surface area contributed by atoms with Crippen LogP contribution in [-0.2, 0) is 20.7 Å². The number of fused-ring (bicyclic) bond motifs is 1. The highest BCUT2D eigenvalue weighted by Crippen LogP contribution is 2.29. The van der Waals surface area contributed by atoms with Crippen LogP contribution in [0.25, 0.3) is 10.8 Å². The van der Waals surface area contributed by atoms with Gasteiger partial charge in [0.1, 0.15) is 6.10 Å². The molecule has 0 amide bonds. The van der Waals surface area contributed by atoms with Crippen LogP contribution in [0, 0.1) is 0 Å². The molecule has 0 bridgehead atoms. The molecule has 5 heteroatoms. The standard InChI is InChI=1S/C24H31NO3.ClH/c1-18(26)28-21-13-15-25(17-21)23-11-4-5-12-24(23)27-16-14-20-9-6-8-19-7-2-3-10-22(19)20;/h2-3,6-10,21,23-24H,4-5,11-17H2,1H3;1H/t21?,23-,24?;/m1./s1. The van der Waals surface area contributed by atoms with Crippen LogP contribution in [0.5, 0.6) is 0 Å². The summed E-state index contributed by atoms with van der Waals surface area (Å²) >= 11 is 0. The first-order chi connectivity index (χ1) is 13.7. The van der Waals surface area contributed by atoms with Crippen LogP contribution in [0.1, 0.15) is 44.6 Å². The molecule has 1 aliphatic heterocycles. The fraction of sp³-hybridized carbons (Fsp3) is 0.542. The van der Waals surface area contributed by atoms with Crippen molar-refractivity contribution in [3.63, 3.8) is 0 Å². The van der Waals surface area contributed by atoms with Gasteiger partial charge in [0.2, 0.25) is 0 Å². The van der Waals surface area contributed by atoms with Gasteiger partial charge in [0.05, 0.1) is 12.7 Å². The lowest BCUT2D eigenvalue weighted by molar-refractivity contribution is -0.145. The Kier molecular flexibility index (Phi) is 7.93. The van der Waals surface area contributed by atoms with E-state index in [-0.39, 0.29) is 24.5 Å². The van der Waals surface area contributed by atoms with E-state index in [9.17, 15) is 4.79 Å². The second-order valence-electron chi connectivity index (χ2n) is 8.16. The van der Waals surface area contributed by atoms with E-state index in [2.05, 4.69) is 47.4 Å². The topological polar surface area (TPSA) is 38.8 Å². The Hall–Kier alpha value is -1.62. The zero-order chi connectivity index (χ0) is 19.3. The molecule has 158 valence electrons. The monoisotopic (exact) mass is 417 g/mol. The fourth-order valence-electron chi connectivity index (χ4n) is 4.91. The zero-order valence-corrected chi connectivity index (χ0v) is 18.0. The molecule has 2 aromatic carbocycles. The van der Waals surface area contributed by atoms with E-state index in [1.54, 1.807) is 0 Å². The minimum atomic E-state index is -0.168. The Balaban J connectivity index is 0.00000240. The summed E-state index contributed by atoms with van der Waals surface area (Å²) in [4.78, 5) is 13.7. The van der Waals surface area contributed by atoms with E-state index in [1.807, 2.05) is 0 Å². The Morgan fingerprint density at radius 3 is 2.72 bits per heavy atom. The second kappa shape index (κ2) is 10.4.